The lowest BCUT2D eigenvalue weighted by Crippen LogP contribution is -2.46. The number of piperidine rings is 1. The van der Waals surface area contributed by atoms with Crippen molar-refractivity contribution in [3.05, 3.63) is 29.8 Å². The third-order valence-electron chi connectivity index (χ3n) is 5.10. The normalized spacial score (nSPS) is 26.3. The molecule has 0 radical (unpaired) electrons. The first-order chi connectivity index (χ1) is 12.0. The van der Waals surface area contributed by atoms with E-state index in [4.69, 9.17) is 9.90 Å². The lowest BCUT2D eigenvalue weighted by Gasteiger charge is -2.42. The Labute approximate surface area is 146 Å². The maximum absolute atomic E-state index is 12.1. The number of hydrogen-bond acceptors (Lipinski definition) is 4. The van der Waals surface area contributed by atoms with E-state index in [1.165, 1.54) is 0 Å². The van der Waals surface area contributed by atoms with Crippen LogP contribution in [0.4, 0.5) is 8.78 Å². The Morgan fingerprint density at radius 3 is 2.48 bits per heavy atom. The van der Waals surface area contributed by atoms with Crippen molar-refractivity contribution < 1.29 is 28.5 Å². The zero-order valence-electron chi connectivity index (χ0n) is 14.1. The standard InChI is InChI=1S/C17H23F2NO2.CH2O2/c18-16(19)22-14-6-4-13(5-7-14)11-20-10-2-9-17(12-20)8-1-3-15(17)21;2-1-3/h4-7,15-16,21H,1-3,8-12H2;1H,(H,2,3)/t15-,17-;/m1./s1. The van der Waals surface area contributed by atoms with E-state index in [9.17, 15) is 13.9 Å². The van der Waals surface area contributed by atoms with Gasteiger partial charge in [-0.3, -0.25) is 9.69 Å². The monoisotopic (exact) mass is 357 g/mol. The quantitative estimate of drug-likeness (QED) is 0.811. The van der Waals surface area contributed by atoms with Crippen molar-refractivity contribution in [2.24, 2.45) is 5.41 Å². The first-order valence-electron chi connectivity index (χ1n) is 8.51. The summed E-state index contributed by atoms with van der Waals surface area (Å²) in [5, 5.41) is 17.2. The minimum atomic E-state index is -2.78. The maximum Gasteiger partial charge on any atom is 0.387 e. The summed E-state index contributed by atoms with van der Waals surface area (Å²) in [4.78, 5) is 10.7. The van der Waals surface area contributed by atoms with Gasteiger partial charge in [0.2, 0.25) is 0 Å². The van der Waals surface area contributed by atoms with Crippen molar-refractivity contribution in [2.45, 2.75) is 51.4 Å². The summed E-state index contributed by atoms with van der Waals surface area (Å²) in [5.74, 6) is 0.195. The molecule has 1 heterocycles. The Morgan fingerprint density at radius 1 is 1.28 bits per heavy atom. The molecule has 1 aromatic rings. The molecule has 7 heteroatoms. The van der Waals surface area contributed by atoms with Gasteiger partial charge in [0, 0.05) is 18.5 Å². The van der Waals surface area contributed by atoms with Crippen molar-refractivity contribution in [1.82, 2.24) is 4.90 Å². The fraction of sp³-hybridized carbons (Fsp3) is 0.611. The molecule has 25 heavy (non-hydrogen) atoms. The second-order valence-electron chi connectivity index (χ2n) is 6.71. The molecular weight excluding hydrogens is 332 g/mol. The predicted octanol–water partition coefficient (Wildman–Crippen LogP) is 3.12. The second kappa shape index (κ2) is 9.10. The molecule has 2 N–H and O–H groups in total. The molecule has 2 aliphatic rings. The van der Waals surface area contributed by atoms with E-state index in [0.717, 1.165) is 57.3 Å². The van der Waals surface area contributed by atoms with Crippen LogP contribution in [0.25, 0.3) is 0 Å². The second-order valence-corrected chi connectivity index (χ2v) is 6.71. The Morgan fingerprint density at radius 2 is 1.92 bits per heavy atom. The van der Waals surface area contributed by atoms with Gasteiger partial charge in [-0.25, -0.2) is 0 Å². The van der Waals surface area contributed by atoms with E-state index in [0.29, 0.717) is 0 Å². The van der Waals surface area contributed by atoms with Crippen LogP contribution in [0.3, 0.4) is 0 Å². The van der Waals surface area contributed by atoms with Gasteiger partial charge in [-0.05, 0) is 49.9 Å². The number of halogens is 2. The number of benzene rings is 1. The number of rotatable bonds is 4. The van der Waals surface area contributed by atoms with Gasteiger partial charge >= 0.3 is 6.61 Å². The Bertz CT molecular complexity index is 540. The number of hydrogen-bond donors (Lipinski definition) is 2. The van der Waals surface area contributed by atoms with Crippen LogP contribution in [-0.2, 0) is 11.3 Å². The largest absolute Gasteiger partial charge is 0.483 e. The van der Waals surface area contributed by atoms with Crippen LogP contribution in [0.15, 0.2) is 24.3 Å². The molecule has 1 saturated heterocycles. The number of likely N-dealkylation sites (tertiary alicyclic amines) is 1. The highest BCUT2D eigenvalue weighted by molar-refractivity contribution is 5.32. The lowest BCUT2D eigenvalue weighted by molar-refractivity contribution is -0.122. The minimum absolute atomic E-state index is 0.0803. The van der Waals surface area contributed by atoms with Gasteiger partial charge in [-0.1, -0.05) is 18.6 Å². The summed E-state index contributed by atoms with van der Waals surface area (Å²) in [7, 11) is 0. The third kappa shape index (κ3) is 5.37. The summed E-state index contributed by atoms with van der Waals surface area (Å²) in [6.07, 6.45) is 5.22. The van der Waals surface area contributed by atoms with E-state index in [1.807, 2.05) is 12.1 Å². The van der Waals surface area contributed by atoms with Crippen LogP contribution in [-0.4, -0.2) is 47.4 Å². The van der Waals surface area contributed by atoms with Crippen LogP contribution < -0.4 is 4.74 Å². The molecule has 3 rings (SSSR count). The van der Waals surface area contributed by atoms with Crippen molar-refractivity contribution in [2.75, 3.05) is 13.1 Å². The van der Waals surface area contributed by atoms with Crippen molar-refractivity contribution in [1.29, 1.82) is 0 Å². The molecule has 0 unspecified atom stereocenters. The van der Waals surface area contributed by atoms with Crippen LogP contribution in [0.1, 0.15) is 37.7 Å². The smallest absolute Gasteiger partial charge is 0.387 e. The fourth-order valence-corrected chi connectivity index (χ4v) is 4.02. The fourth-order valence-electron chi connectivity index (χ4n) is 4.02. The number of alkyl halides is 2. The maximum atomic E-state index is 12.1. The summed E-state index contributed by atoms with van der Waals surface area (Å²) >= 11 is 0. The highest BCUT2D eigenvalue weighted by Crippen LogP contribution is 2.45. The molecule has 0 bridgehead atoms. The van der Waals surface area contributed by atoms with Crippen molar-refractivity contribution in [3.63, 3.8) is 0 Å². The van der Waals surface area contributed by atoms with E-state index < -0.39 is 6.61 Å². The van der Waals surface area contributed by atoms with Gasteiger partial charge in [-0.15, -0.1) is 0 Å². The van der Waals surface area contributed by atoms with Crippen LogP contribution in [0.2, 0.25) is 0 Å². The molecule has 1 saturated carbocycles. The summed E-state index contributed by atoms with van der Waals surface area (Å²) < 4.78 is 28.7. The number of nitrogens with zero attached hydrogens (tertiary/aromatic N) is 1. The molecule has 1 aliphatic carbocycles. The molecule has 0 amide bonds. The molecule has 2 atom stereocenters. The molecule has 1 aliphatic heterocycles. The van der Waals surface area contributed by atoms with Gasteiger partial charge in [-0.2, -0.15) is 8.78 Å². The number of carboxylic acid groups (broad SMARTS) is 1. The first-order valence-corrected chi connectivity index (χ1v) is 8.51. The zero-order chi connectivity index (χ0) is 18.3. The third-order valence-corrected chi connectivity index (χ3v) is 5.10. The molecule has 1 spiro atoms. The van der Waals surface area contributed by atoms with Crippen LogP contribution >= 0.6 is 0 Å². The first kappa shape index (κ1) is 19.6. The van der Waals surface area contributed by atoms with Crippen LogP contribution in [0, 0.1) is 5.41 Å². The molecule has 2 fully saturated rings. The minimum Gasteiger partial charge on any atom is -0.483 e. The lowest BCUT2D eigenvalue weighted by atomic mass is 9.76. The molecular formula is C18H25F2NO4. The zero-order valence-corrected chi connectivity index (χ0v) is 14.1. The topological polar surface area (TPSA) is 70.0 Å². The summed E-state index contributed by atoms with van der Waals surface area (Å²) in [5.41, 5.74) is 1.17. The summed E-state index contributed by atoms with van der Waals surface area (Å²) in [6, 6.07) is 6.85. The van der Waals surface area contributed by atoms with Crippen molar-refractivity contribution in [3.8, 4) is 5.75 Å². The number of aliphatic hydroxyl groups excluding tert-OH is 1. The van der Waals surface area contributed by atoms with Crippen molar-refractivity contribution >= 4 is 6.47 Å². The van der Waals surface area contributed by atoms with Gasteiger partial charge in [0.1, 0.15) is 5.75 Å². The average molecular weight is 357 g/mol. The highest BCUT2D eigenvalue weighted by Gasteiger charge is 2.44. The highest BCUT2D eigenvalue weighted by atomic mass is 19.3. The Kier molecular flexibility index (Phi) is 7.13. The molecule has 5 nitrogen and oxygen atoms in total. The van der Waals surface area contributed by atoms with Gasteiger partial charge in [0.15, 0.2) is 0 Å². The van der Waals surface area contributed by atoms with E-state index in [-0.39, 0.29) is 23.7 Å². The SMILES string of the molecule is O=CO.O[C@@H]1CCC[C@]12CCCN(Cc1ccc(OC(F)F)cc1)C2. The van der Waals surface area contributed by atoms with E-state index in [2.05, 4.69) is 9.64 Å². The molecule has 140 valence electrons. The van der Waals surface area contributed by atoms with E-state index in [1.54, 1.807) is 12.1 Å². The Hall–Kier alpha value is -1.73. The molecule has 0 aromatic heterocycles. The number of carbonyl (C=O) groups is 1. The number of aliphatic hydroxyl groups is 1. The van der Waals surface area contributed by atoms with Crippen LogP contribution in [0.5, 0.6) is 5.75 Å². The molecule has 1 aromatic carbocycles. The summed E-state index contributed by atoms with van der Waals surface area (Å²) in [6.45, 7) is -0.270. The predicted molar refractivity (Wildman–Crippen MR) is 88.6 cm³/mol. The Balaban J connectivity index is 0.000000701. The van der Waals surface area contributed by atoms with Gasteiger partial charge in [0.25, 0.3) is 6.47 Å². The number of ether oxygens (including phenoxy) is 1. The van der Waals surface area contributed by atoms with Gasteiger partial charge in [0.05, 0.1) is 6.10 Å². The average Bonchev–Trinajstić information content (AvgIpc) is 2.90. The van der Waals surface area contributed by atoms with Gasteiger partial charge < -0.3 is 14.9 Å². The van der Waals surface area contributed by atoms with E-state index >= 15 is 0 Å².